The SMILES string of the molecule is COCC1=CCN(c2cccc(SC)c2C#N)CC1. The van der Waals surface area contributed by atoms with Crippen LogP contribution >= 0.6 is 11.8 Å². The summed E-state index contributed by atoms with van der Waals surface area (Å²) in [5.41, 5.74) is 3.18. The summed E-state index contributed by atoms with van der Waals surface area (Å²) >= 11 is 1.62. The lowest BCUT2D eigenvalue weighted by molar-refractivity contribution is 0.222. The first kappa shape index (κ1) is 14.0. The van der Waals surface area contributed by atoms with Crippen molar-refractivity contribution in [1.82, 2.24) is 0 Å². The van der Waals surface area contributed by atoms with Crippen LogP contribution in [-0.2, 0) is 4.74 Å². The van der Waals surface area contributed by atoms with Crippen molar-refractivity contribution in [3.63, 3.8) is 0 Å². The van der Waals surface area contributed by atoms with Gasteiger partial charge in [-0.15, -0.1) is 11.8 Å². The Morgan fingerprint density at radius 1 is 1.47 bits per heavy atom. The van der Waals surface area contributed by atoms with Crippen molar-refractivity contribution in [2.24, 2.45) is 0 Å². The summed E-state index contributed by atoms with van der Waals surface area (Å²) in [5.74, 6) is 0. The topological polar surface area (TPSA) is 36.3 Å². The van der Waals surface area contributed by atoms with Crippen molar-refractivity contribution >= 4 is 17.4 Å². The third-order valence-electron chi connectivity index (χ3n) is 3.31. The minimum Gasteiger partial charge on any atom is -0.380 e. The number of benzene rings is 1. The van der Waals surface area contributed by atoms with Crippen LogP contribution in [0.5, 0.6) is 0 Å². The van der Waals surface area contributed by atoms with Gasteiger partial charge in [0.2, 0.25) is 0 Å². The first-order chi connectivity index (χ1) is 9.30. The van der Waals surface area contributed by atoms with Gasteiger partial charge in [0.15, 0.2) is 0 Å². The molecule has 0 aromatic heterocycles. The molecule has 4 heteroatoms. The molecule has 0 spiro atoms. The third kappa shape index (κ3) is 3.12. The van der Waals surface area contributed by atoms with Crippen LogP contribution in [0.3, 0.4) is 0 Å². The van der Waals surface area contributed by atoms with Crippen LogP contribution in [0.15, 0.2) is 34.7 Å². The zero-order valence-corrected chi connectivity index (χ0v) is 12.2. The number of ether oxygens (including phenoxy) is 1. The number of hydrogen-bond acceptors (Lipinski definition) is 4. The van der Waals surface area contributed by atoms with Crippen LogP contribution in [-0.4, -0.2) is 33.1 Å². The molecule has 0 radical (unpaired) electrons. The zero-order chi connectivity index (χ0) is 13.7. The van der Waals surface area contributed by atoms with Crippen molar-refractivity contribution in [3.05, 3.63) is 35.4 Å². The molecule has 0 unspecified atom stereocenters. The van der Waals surface area contributed by atoms with Crippen molar-refractivity contribution in [1.29, 1.82) is 5.26 Å². The first-order valence-electron chi connectivity index (χ1n) is 6.29. The Morgan fingerprint density at radius 3 is 2.89 bits per heavy atom. The van der Waals surface area contributed by atoms with E-state index < -0.39 is 0 Å². The van der Waals surface area contributed by atoms with Crippen LogP contribution in [0, 0.1) is 11.3 Å². The quantitative estimate of drug-likeness (QED) is 0.624. The molecule has 1 heterocycles. The largest absolute Gasteiger partial charge is 0.380 e. The molecule has 2 rings (SSSR count). The van der Waals surface area contributed by atoms with Crippen molar-refractivity contribution < 1.29 is 4.74 Å². The van der Waals surface area contributed by atoms with Crippen LogP contribution < -0.4 is 4.90 Å². The number of anilines is 1. The molecule has 0 atom stereocenters. The van der Waals surface area contributed by atoms with Gasteiger partial charge in [-0.1, -0.05) is 12.1 Å². The number of nitrogens with zero attached hydrogens (tertiary/aromatic N) is 2. The van der Waals surface area contributed by atoms with Crippen molar-refractivity contribution in [2.75, 3.05) is 38.0 Å². The highest BCUT2D eigenvalue weighted by molar-refractivity contribution is 7.98. The van der Waals surface area contributed by atoms with Gasteiger partial charge in [-0.2, -0.15) is 5.26 Å². The van der Waals surface area contributed by atoms with E-state index in [1.807, 2.05) is 24.5 Å². The Morgan fingerprint density at radius 2 is 2.32 bits per heavy atom. The van der Waals surface area contributed by atoms with Crippen LogP contribution in [0.1, 0.15) is 12.0 Å². The highest BCUT2D eigenvalue weighted by Crippen LogP contribution is 2.30. The molecular formula is C15H18N2OS. The summed E-state index contributed by atoms with van der Waals surface area (Å²) in [6.07, 6.45) is 5.22. The molecule has 1 aromatic rings. The molecular weight excluding hydrogens is 256 g/mol. The normalized spacial score (nSPS) is 15.0. The van der Waals surface area contributed by atoms with Gasteiger partial charge in [0.05, 0.1) is 17.9 Å². The van der Waals surface area contributed by atoms with E-state index in [0.29, 0.717) is 6.61 Å². The van der Waals surface area contributed by atoms with E-state index in [1.54, 1.807) is 18.9 Å². The molecule has 1 aliphatic heterocycles. The van der Waals surface area contributed by atoms with E-state index in [0.717, 1.165) is 35.7 Å². The van der Waals surface area contributed by atoms with Gasteiger partial charge in [0, 0.05) is 25.1 Å². The maximum absolute atomic E-state index is 9.37. The molecule has 0 saturated carbocycles. The van der Waals surface area contributed by atoms with Crippen molar-refractivity contribution in [2.45, 2.75) is 11.3 Å². The molecule has 0 saturated heterocycles. The summed E-state index contributed by atoms with van der Waals surface area (Å²) in [6.45, 7) is 2.51. The lowest BCUT2D eigenvalue weighted by atomic mass is 10.1. The number of methoxy groups -OCH3 is 1. The summed E-state index contributed by atoms with van der Waals surface area (Å²) < 4.78 is 5.16. The second kappa shape index (κ2) is 6.65. The van der Waals surface area contributed by atoms with E-state index in [9.17, 15) is 5.26 Å². The predicted octanol–water partition coefficient (Wildman–Crippen LogP) is 3.06. The Kier molecular flexibility index (Phi) is 4.89. The van der Waals surface area contributed by atoms with Crippen LogP contribution in [0.4, 0.5) is 5.69 Å². The number of thioether (sulfide) groups is 1. The summed E-state index contributed by atoms with van der Waals surface area (Å²) in [6, 6.07) is 8.40. The minimum absolute atomic E-state index is 0.712. The van der Waals surface area contributed by atoms with Gasteiger partial charge in [-0.05, 0) is 30.4 Å². The molecule has 0 aliphatic carbocycles. The van der Waals surface area contributed by atoms with Crippen molar-refractivity contribution in [3.8, 4) is 6.07 Å². The maximum atomic E-state index is 9.37. The lowest BCUT2D eigenvalue weighted by Crippen LogP contribution is -2.30. The monoisotopic (exact) mass is 274 g/mol. The number of rotatable bonds is 4. The molecule has 0 fully saturated rings. The fourth-order valence-corrected chi connectivity index (χ4v) is 2.88. The molecule has 3 nitrogen and oxygen atoms in total. The lowest BCUT2D eigenvalue weighted by Gasteiger charge is -2.29. The Hall–Kier alpha value is -1.44. The average Bonchev–Trinajstić information content (AvgIpc) is 2.47. The molecule has 0 bridgehead atoms. The molecule has 0 N–H and O–H groups in total. The first-order valence-corrected chi connectivity index (χ1v) is 7.51. The summed E-state index contributed by atoms with van der Waals surface area (Å²) in [7, 11) is 1.73. The molecule has 1 aromatic carbocycles. The molecule has 1 aliphatic rings. The molecule has 100 valence electrons. The fraction of sp³-hybridized carbons (Fsp3) is 0.400. The highest BCUT2D eigenvalue weighted by Gasteiger charge is 2.16. The second-order valence-corrected chi connectivity index (χ2v) is 5.31. The van der Waals surface area contributed by atoms with E-state index in [1.165, 1.54) is 5.57 Å². The highest BCUT2D eigenvalue weighted by atomic mass is 32.2. The average molecular weight is 274 g/mol. The Labute approximate surface area is 118 Å². The van der Waals surface area contributed by atoms with E-state index in [2.05, 4.69) is 17.0 Å². The number of hydrogen-bond donors (Lipinski definition) is 0. The van der Waals surface area contributed by atoms with E-state index in [4.69, 9.17) is 4.74 Å². The third-order valence-corrected chi connectivity index (χ3v) is 4.09. The number of nitriles is 1. The Bertz CT molecular complexity index is 519. The zero-order valence-electron chi connectivity index (χ0n) is 11.3. The van der Waals surface area contributed by atoms with Crippen LogP contribution in [0.25, 0.3) is 0 Å². The van der Waals surface area contributed by atoms with Gasteiger partial charge >= 0.3 is 0 Å². The summed E-state index contributed by atoms with van der Waals surface area (Å²) in [5, 5.41) is 9.37. The summed E-state index contributed by atoms with van der Waals surface area (Å²) in [4.78, 5) is 3.31. The smallest absolute Gasteiger partial charge is 0.103 e. The molecule has 19 heavy (non-hydrogen) atoms. The standard InChI is InChI=1S/C15H18N2OS/c1-18-11-12-6-8-17(9-7-12)14-4-3-5-15(19-2)13(14)10-16/h3-6H,7-9,11H2,1-2H3. The van der Waals surface area contributed by atoms with Gasteiger partial charge < -0.3 is 9.64 Å². The maximum Gasteiger partial charge on any atom is 0.103 e. The van der Waals surface area contributed by atoms with Gasteiger partial charge in [0.25, 0.3) is 0 Å². The van der Waals surface area contributed by atoms with Gasteiger partial charge in [-0.25, -0.2) is 0 Å². The van der Waals surface area contributed by atoms with E-state index >= 15 is 0 Å². The Balaban J connectivity index is 2.23. The molecule has 0 amide bonds. The van der Waals surface area contributed by atoms with Gasteiger partial charge in [0.1, 0.15) is 6.07 Å². The fourth-order valence-electron chi connectivity index (χ4n) is 2.31. The van der Waals surface area contributed by atoms with Gasteiger partial charge in [-0.3, -0.25) is 0 Å². The van der Waals surface area contributed by atoms with Crippen LogP contribution in [0.2, 0.25) is 0 Å². The minimum atomic E-state index is 0.712. The second-order valence-electron chi connectivity index (χ2n) is 4.46. The predicted molar refractivity (Wildman–Crippen MR) is 79.7 cm³/mol. The van der Waals surface area contributed by atoms with E-state index in [-0.39, 0.29) is 0 Å².